The van der Waals surface area contributed by atoms with Crippen LogP contribution in [0.4, 0.5) is 0 Å². The molecule has 1 atom stereocenters. The minimum atomic E-state index is 0.417. The molecule has 2 heteroatoms. The van der Waals surface area contributed by atoms with Gasteiger partial charge in [-0.3, -0.25) is 0 Å². The van der Waals surface area contributed by atoms with E-state index in [4.69, 9.17) is 0 Å². The van der Waals surface area contributed by atoms with Gasteiger partial charge in [0.15, 0.2) is 0 Å². The molecule has 1 unspecified atom stereocenters. The molecule has 1 aliphatic carbocycles. The fraction of sp³-hybridized carbons (Fsp3) is 0.333. The number of hydrogen-bond acceptors (Lipinski definition) is 2. The Morgan fingerprint density at radius 3 is 2.60 bits per heavy atom. The SMILES string of the molecule is Cc1cc(CNC2CCc3ccccc32)cc(C)c1O. The maximum Gasteiger partial charge on any atom is 0.121 e. The molecular weight excluding hydrogens is 246 g/mol. The van der Waals surface area contributed by atoms with Gasteiger partial charge in [-0.2, -0.15) is 0 Å². The fourth-order valence-electron chi connectivity index (χ4n) is 3.16. The van der Waals surface area contributed by atoms with Crippen LogP contribution in [0.1, 0.15) is 40.3 Å². The molecule has 2 N–H and O–H groups in total. The number of aryl methyl sites for hydroxylation is 3. The van der Waals surface area contributed by atoms with Crippen LogP contribution < -0.4 is 5.32 Å². The lowest BCUT2D eigenvalue weighted by atomic mass is 10.0. The standard InChI is InChI=1S/C18H21NO/c1-12-9-14(10-13(2)18(12)20)11-19-17-8-7-15-5-3-4-6-16(15)17/h3-6,9-10,17,19-20H,7-8,11H2,1-2H3. The number of hydrogen-bond donors (Lipinski definition) is 2. The smallest absolute Gasteiger partial charge is 0.121 e. The summed E-state index contributed by atoms with van der Waals surface area (Å²) in [7, 11) is 0. The summed E-state index contributed by atoms with van der Waals surface area (Å²) in [5, 5.41) is 13.5. The average Bonchev–Trinajstić information content (AvgIpc) is 2.85. The van der Waals surface area contributed by atoms with Gasteiger partial charge < -0.3 is 10.4 Å². The van der Waals surface area contributed by atoms with Gasteiger partial charge in [0.25, 0.3) is 0 Å². The molecule has 2 aromatic rings. The number of phenols is 1. The van der Waals surface area contributed by atoms with Crippen molar-refractivity contribution in [2.75, 3.05) is 0 Å². The summed E-state index contributed by atoms with van der Waals surface area (Å²) in [6.45, 7) is 4.76. The van der Waals surface area contributed by atoms with E-state index < -0.39 is 0 Å². The Morgan fingerprint density at radius 1 is 1.15 bits per heavy atom. The van der Waals surface area contributed by atoms with Gasteiger partial charge in [-0.25, -0.2) is 0 Å². The van der Waals surface area contributed by atoms with Crippen LogP contribution >= 0.6 is 0 Å². The molecule has 1 aliphatic rings. The second-order valence-corrected chi connectivity index (χ2v) is 5.75. The van der Waals surface area contributed by atoms with Crippen LogP contribution in [-0.2, 0) is 13.0 Å². The first-order valence-corrected chi connectivity index (χ1v) is 7.25. The van der Waals surface area contributed by atoms with E-state index in [0.717, 1.165) is 17.7 Å². The van der Waals surface area contributed by atoms with Crippen molar-refractivity contribution in [3.63, 3.8) is 0 Å². The largest absolute Gasteiger partial charge is 0.507 e. The maximum absolute atomic E-state index is 9.82. The lowest BCUT2D eigenvalue weighted by molar-refractivity contribution is 0.466. The molecular formula is C18H21NO. The van der Waals surface area contributed by atoms with Crippen molar-refractivity contribution in [2.24, 2.45) is 0 Å². The molecule has 0 amide bonds. The zero-order valence-electron chi connectivity index (χ0n) is 12.1. The van der Waals surface area contributed by atoms with Crippen molar-refractivity contribution < 1.29 is 5.11 Å². The monoisotopic (exact) mass is 267 g/mol. The number of nitrogens with one attached hydrogen (secondary N) is 1. The molecule has 0 radical (unpaired) electrons. The first-order valence-electron chi connectivity index (χ1n) is 7.25. The van der Waals surface area contributed by atoms with E-state index in [1.807, 2.05) is 13.8 Å². The van der Waals surface area contributed by atoms with Crippen molar-refractivity contribution in [3.8, 4) is 5.75 Å². The summed E-state index contributed by atoms with van der Waals surface area (Å²) < 4.78 is 0. The summed E-state index contributed by atoms with van der Waals surface area (Å²) in [5.41, 5.74) is 6.06. The summed E-state index contributed by atoms with van der Waals surface area (Å²) in [5.74, 6) is 0.417. The third-order valence-electron chi connectivity index (χ3n) is 4.24. The Morgan fingerprint density at radius 2 is 1.85 bits per heavy atom. The lowest BCUT2D eigenvalue weighted by Crippen LogP contribution is -2.18. The molecule has 0 heterocycles. The highest BCUT2D eigenvalue weighted by Crippen LogP contribution is 2.31. The number of rotatable bonds is 3. The van der Waals surface area contributed by atoms with Crippen LogP contribution in [0.5, 0.6) is 5.75 Å². The van der Waals surface area contributed by atoms with Crippen molar-refractivity contribution in [1.82, 2.24) is 5.32 Å². The molecule has 0 saturated heterocycles. The van der Waals surface area contributed by atoms with Gasteiger partial charge in [-0.15, -0.1) is 0 Å². The molecule has 0 bridgehead atoms. The Balaban J connectivity index is 1.72. The van der Waals surface area contributed by atoms with E-state index in [1.54, 1.807) is 0 Å². The van der Waals surface area contributed by atoms with Gasteiger partial charge in [0.2, 0.25) is 0 Å². The van der Waals surface area contributed by atoms with Gasteiger partial charge in [0, 0.05) is 12.6 Å². The lowest BCUT2D eigenvalue weighted by Gasteiger charge is -2.15. The molecule has 0 spiro atoms. The molecule has 0 aromatic heterocycles. The van der Waals surface area contributed by atoms with E-state index in [-0.39, 0.29) is 0 Å². The molecule has 3 rings (SSSR count). The van der Waals surface area contributed by atoms with Crippen molar-refractivity contribution in [3.05, 3.63) is 64.2 Å². The predicted octanol–water partition coefficient (Wildman–Crippen LogP) is 3.79. The van der Waals surface area contributed by atoms with E-state index in [0.29, 0.717) is 11.8 Å². The number of aromatic hydroxyl groups is 1. The minimum Gasteiger partial charge on any atom is -0.507 e. The zero-order valence-corrected chi connectivity index (χ0v) is 12.1. The highest BCUT2D eigenvalue weighted by molar-refractivity contribution is 5.42. The van der Waals surface area contributed by atoms with Gasteiger partial charge in [-0.1, -0.05) is 36.4 Å². The molecule has 2 nitrogen and oxygen atoms in total. The fourth-order valence-corrected chi connectivity index (χ4v) is 3.16. The maximum atomic E-state index is 9.82. The summed E-state index contributed by atoms with van der Waals surface area (Å²) >= 11 is 0. The third kappa shape index (κ3) is 2.44. The Labute approximate surface area is 120 Å². The minimum absolute atomic E-state index is 0.417. The third-order valence-corrected chi connectivity index (χ3v) is 4.24. The molecule has 104 valence electrons. The highest BCUT2D eigenvalue weighted by atomic mass is 16.3. The van der Waals surface area contributed by atoms with Gasteiger partial charge in [0.1, 0.15) is 5.75 Å². The molecule has 20 heavy (non-hydrogen) atoms. The van der Waals surface area contributed by atoms with Crippen LogP contribution in [0.2, 0.25) is 0 Å². The first kappa shape index (κ1) is 13.2. The van der Waals surface area contributed by atoms with Crippen LogP contribution in [0.15, 0.2) is 36.4 Å². The van der Waals surface area contributed by atoms with Crippen molar-refractivity contribution >= 4 is 0 Å². The van der Waals surface area contributed by atoms with Gasteiger partial charge in [-0.05, 0) is 54.5 Å². The summed E-state index contributed by atoms with van der Waals surface area (Å²) in [6.07, 6.45) is 2.34. The normalized spacial score (nSPS) is 17.2. The summed E-state index contributed by atoms with van der Waals surface area (Å²) in [6, 6.07) is 13.3. The zero-order chi connectivity index (χ0) is 14.1. The number of fused-ring (bicyclic) bond motifs is 1. The quantitative estimate of drug-likeness (QED) is 0.887. The average molecular weight is 267 g/mol. The highest BCUT2D eigenvalue weighted by Gasteiger charge is 2.21. The van der Waals surface area contributed by atoms with Crippen LogP contribution in [0.25, 0.3) is 0 Å². The Hall–Kier alpha value is -1.80. The van der Waals surface area contributed by atoms with E-state index in [1.165, 1.54) is 29.5 Å². The summed E-state index contributed by atoms with van der Waals surface area (Å²) in [4.78, 5) is 0. The van der Waals surface area contributed by atoms with Crippen LogP contribution in [-0.4, -0.2) is 5.11 Å². The van der Waals surface area contributed by atoms with Gasteiger partial charge >= 0.3 is 0 Å². The van der Waals surface area contributed by atoms with E-state index >= 15 is 0 Å². The van der Waals surface area contributed by atoms with Crippen LogP contribution in [0.3, 0.4) is 0 Å². The molecule has 0 aliphatic heterocycles. The Bertz CT molecular complexity index is 610. The molecule has 2 aromatic carbocycles. The molecule has 0 fully saturated rings. The Kier molecular flexibility index (Phi) is 3.49. The predicted molar refractivity (Wildman–Crippen MR) is 81.9 cm³/mol. The van der Waals surface area contributed by atoms with Gasteiger partial charge in [0.05, 0.1) is 0 Å². The van der Waals surface area contributed by atoms with E-state index in [2.05, 4.69) is 41.7 Å². The topological polar surface area (TPSA) is 32.3 Å². The van der Waals surface area contributed by atoms with Crippen LogP contribution in [0, 0.1) is 13.8 Å². The number of benzene rings is 2. The van der Waals surface area contributed by atoms with Crippen molar-refractivity contribution in [2.45, 2.75) is 39.3 Å². The molecule has 0 saturated carbocycles. The van der Waals surface area contributed by atoms with Crippen molar-refractivity contribution in [1.29, 1.82) is 0 Å². The first-order chi connectivity index (χ1) is 9.65. The second kappa shape index (κ2) is 5.29. The second-order valence-electron chi connectivity index (χ2n) is 5.75. The van der Waals surface area contributed by atoms with E-state index in [9.17, 15) is 5.11 Å². The number of phenolic OH excluding ortho intramolecular Hbond substituents is 1.